The third-order valence-electron chi connectivity index (χ3n) is 3.12. The molecule has 1 N–H and O–H groups in total. The van der Waals surface area contributed by atoms with E-state index in [1.54, 1.807) is 18.3 Å². The normalized spacial score (nSPS) is 11.8. The molecule has 0 bridgehead atoms. The molecule has 0 aromatic carbocycles. The number of hydrogen-bond donors (Lipinski definition) is 1. The van der Waals surface area contributed by atoms with Gasteiger partial charge in [-0.25, -0.2) is 9.37 Å². The van der Waals surface area contributed by atoms with Crippen molar-refractivity contribution in [2.75, 3.05) is 0 Å². The van der Waals surface area contributed by atoms with E-state index < -0.39 is 5.82 Å². The Morgan fingerprint density at radius 2 is 2.23 bits per heavy atom. The molecule has 1 amide bonds. The zero-order chi connectivity index (χ0) is 15.9. The van der Waals surface area contributed by atoms with E-state index in [-0.39, 0.29) is 17.6 Å². The first-order chi connectivity index (χ1) is 10.6. The number of nitrogens with one attached hydrogen (secondary N) is 1. The SMILES string of the molecule is CC[C@H](C)Oc1cc(CNC(=O)c2cncc(F)c2)ccn1. The fourth-order valence-electron chi connectivity index (χ4n) is 1.73. The highest BCUT2D eigenvalue weighted by molar-refractivity contribution is 5.93. The molecule has 0 aliphatic carbocycles. The van der Waals surface area contributed by atoms with Crippen LogP contribution in [0, 0.1) is 5.82 Å². The average Bonchev–Trinajstić information content (AvgIpc) is 2.53. The Kier molecular flexibility index (Phi) is 5.41. The van der Waals surface area contributed by atoms with E-state index in [4.69, 9.17) is 4.74 Å². The molecule has 0 fully saturated rings. The summed E-state index contributed by atoms with van der Waals surface area (Å²) in [6.45, 7) is 4.30. The number of carbonyl (C=O) groups excluding carboxylic acids is 1. The molecule has 2 aromatic heterocycles. The van der Waals surface area contributed by atoms with Gasteiger partial charge in [0.15, 0.2) is 0 Å². The topological polar surface area (TPSA) is 64.1 Å². The number of halogens is 1. The lowest BCUT2D eigenvalue weighted by molar-refractivity contribution is 0.0950. The smallest absolute Gasteiger partial charge is 0.253 e. The molecule has 0 aliphatic heterocycles. The fraction of sp³-hybridized carbons (Fsp3) is 0.312. The Morgan fingerprint density at radius 3 is 2.95 bits per heavy atom. The van der Waals surface area contributed by atoms with Gasteiger partial charge in [-0.1, -0.05) is 6.92 Å². The third-order valence-corrected chi connectivity index (χ3v) is 3.12. The van der Waals surface area contributed by atoms with Crippen LogP contribution in [0.5, 0.6) is 5.88 Å². The molecule has 0 spiro atoms. The maximum Gasteiger partial charge on any atom is 0.253 e. The first-order valence-corrected chi connectivity index (χ1v) is 7.09. The molecule has 5 nitrogen and oxygen atoms in total. The largest absolute Gasteiger partial charge is 0.475 e. The van der Waals surface area contributed by atoms with E-state index in [0.29, 0.717) is 12.4 Å². The van der Waals surface area contributed by atoms with E-state index in [1.165, 1.54) is 6.20 Å². The molecule has 0 saturated heterocycles. The zero-order valence-electron chi connectivity index (χ0n) is 12.5. The van der Waals surface area contributed by atoms with Crippen LogP contribution in [0.15, 0.2) is 36.8 Å². The molecule has 0 unspecified atom stereocenters. The molecule has 2 heterocycles. The van der Waals surface area contributed by atoms with Gasteiger partial charge in [0, 0.05) is 25.0 Å². The lowest BCUT2D eigenvalue weighted by Crippen LogP contribution is -2.23. The third kappa shape index (κ3) is 4.51. The number of amides is 1. The van der Waals surface area contributed by atoms with Gasteiger partial charge < -0.3 is 10.1 Å². The van der Waals surface area contributed by atoms with Gasteiger partial charge >= 0.3 is 0 Å². The second kappa shape index (κ2) is 7.49. The molecule has 0 radical (unpaired) electrons. The van der Waals surface area contributed by atoms with Crippen molar-refractivity contribution < 1.29 is 13.9 Å². The summed E-state index contributed by atoms with van der Waals surface area (Å²) >= 11 is 0. The van der Waals surface area contributed by atoms with E-state index >= 15 is 0 Å². The molecule has 6 heteroatoms. The average molecular weight is 303 g/mol. The summed E-state index contributed by atoms with van der Waals surface area (Å²) in [4.78, 5) is 19.7. The van der Waals surface area contributed by atoms with Crippen LogP contribution in [0.2, 0.25) is 0 Å². The molecular weight excluding hydrogens is 285 g/mol. The maximum atomic E-state index is 13.0. The fourth-order valence-corrected chi connectivity index (χ4v) is 1.73. The van der Waals surface area contributed by atoms with E-state index in [2.05, 4.69) is 15.3 Å². The highest BCUT2D eigenvalue weighted by Crippen LogP contribution is 2.12. The molecule has 2 aromatic rings. The summed E-state index contributed by atoms with van der Waals surface area (Å²) < 4.78 is 18.7. The van der Waals surface area contributed by atoms with Crippen LogP contribution < -0.4 is 10.1 Å². The monoisotopic (exact) mass is 303 g/mol. The highest BCUT2D eigenvalue weighted by atomic mass is 19.1. The Labute approximate surface area is 128 Å². The van der Waals surface area contributed by atoms with E-state index in [1.807, 2.05) is 13.8 Å². The minimum atomic E-state index is -0.541. The molecule has 116 valence electrons. The van der Waals surface area contributed by atoms with Gasteiger partial charge in [-0.15, -0.1) is 0 Å². The second-order valence-electron chi connectivity index (χ2n) is 4.91. The van der Waals surface area contributed by atoms with Crippen molar-refractivity contribution in [2.45, 2.75) is 32.9 Å². The zero-order valence-corrected chi connectivity index (χ0v) is 12.5. The summed E-state index contributed by atoms with van der Waals surface area (Å²) in [5.41, 5.74) is 1.04. The standard InChI is InChI=1S/C16H18FN3O2/c1-3-11(2)22-15-6-12(4-5-19-15)8-20-16(21)13-7-14(17)10-18-9-13/h4-7,9-11H,3,8H2,1-2H3,(H,20,21)/t11-/m0/s1. The van der Waals surface area contributed by atoms with Crippen LogP contribution in [-0.4, -0.2) is 22.0 Å². The van der Waals surface area contributed by atoms with Crippen molar-refractivity contribution in [3.63, 3.8) is 0 Å². The van der Waals surface area contributed by atoms with Crippen molar-refractivity contribution in [2.24, 2.45) is 0 Å². The summed E-state index contributed by atoms with van der Waals surface area (Å²) in [7, 11) is 0. The lowest BCUT2D eigenvalue weighted by atomic mass is 10.2. The van der Waals surface area contributed by atoms with Crippen molar-refractivity contribution >= 4 is 5.91 Å². The van der Waals surface area contributed by atoms with Gasteiger partial charge in [0.1, 0.15) is 5.82 Å². The maximum absolute atomic E-state index is 13.0. The Morgan fingerprint density at radius 1 is 1.41 bits per heavy atom. The van der Waals surface area contributed by atoms with Gasteiger partial charge in [0.25, 0.3) is 5.91 Å². The lowest BCUT2D eigenvalue weighted by Gasteiger charge is -2.12. The molecule has 22 heavy (non-hydrogen) atoms. The highest BCUT2D eigenvalue weighted by Gasteiger charge is 2.08. The van der Waals surface area contributed by atoms with Crippen LogP contribution in [-0.2, 0) is 6.54 Å². The predicted molar refractivity (Wildman–Crippen MR) is 80.0 cm³/mol. The quantitative estimate of drug-likeness (QED) is 0.891. The second-order valence-corrected chi connectivity index (χ2v) is 4.91. The van der Waals surface area contributed by atoms with Crippen molar-refractivity contribution in [1.82, 2.24) is 15.3 Å². The number of ether oxygens (including phenoxy) is 1. The number of nitrogens with zero attached hydrogens (tertiary/aromatic N) is 2. The van der Waals surface area contributed by atoms with Gasteiger partial charge in [-0.3, -0.25) is 9.78 Å². The van der Waals surface area contributed by atoms with Crippen molar-refractivity contribution in [1.29, 1.82) is 0 Å². The van der Waals surface area contributed by atoms with Gasteiger partial charge in [-0.05, 0) is 31.0 Å². The van der Waals surface area contributed by atoms with Gasteiger partial charge in [0.2, 0.25) is 5.88 Å². The van der Waals surface area contributed by atoms with Gasteiger partial charge in [-0.2, -0.15) is 0 Å². The van der Waals surface area contributed by atoms with Gasteiger partial charge in [0.05, 0.1) is 17.9 Å². The molecular formula is C16H18FN3O2. The Balaban J connectivity index is 1.96. The number of hydrogen-bond acceptors (Lipinski definition) is 4. The van der Waals surface area contributed by atoms with Crippen LogP contribution >= 0.6 is 0 Å². The minimum Gasteiger partial charge on any atom is -0.475 e. The number of rotatable bonds is 6. The summed E-state index contributed by atoms with van der Waals surface area (Å²) in [5, 5.41) is 2.71. The van der Waals surface area contributed by atoms with Crippen molar-refractivity contribution in [3.05, 3.63) is 53.7 Å². The molecule has 1 atom stereocenters. The minimum absolute atomic E-state index is 0.0794. The number of pyridine rings is 2. The van der Waals surface area contributed by atoms with Crippen LogP contribution in [0.4, 0.5) is 4.39 Å². The van der Waals surface area contributed by atoms with Crippen LogP contribution in [0.3, 0.4) is 0 Å². The van der Waals surface area contributed by atoms with Crippen LogP contribution in [0.1, 0.15) is 36.2 Å². The summed E-state index contributed by atoms with van der Waals surface area (Å²) in [6, 6.07) is 4.70. The van der Waals surface area contributed by atoms with E-state index in [9.17, 15) is 9.18 Å². The molecule has 0 aliphatic rings. The molecule has 0 saturated carbocycles. The summed E-state index contributed by atoms with van der Waals surface area (Å²) in [6.07, 6.45) is 4.97. The number of aromatic nitrogens is 2. The molecule has 2 rings (SSSR count). The predicted octanol–water partition coefficient (Wildman–Crippen LogP) is 2.72. The number of carbonyl (C=O) groups is 1. The Bertz CT molecular complexity index is 649. The first-order valence-electron chi connectivity index (χ1n) is 7.09. The summed E-state index contributed by atoms with van der Waals surface area (Å²) in [5.74, 6) is -0.400. The van der Waals surface area contributed by atoms with Crippen molar-refractivity contribution in [3.8, 4) is 5.88 Å². The van der Waals surface area contributed by atoms with E-state index in [0.717, 1.165) is 24.2 Å². The Hall–Kier alpha value is -2.50. The van der Waals surface area contributed by atoms with Crippen LogP contribution in [0.25, 0.3) is 0 Å². The first kappa shape index (κ1) is 15.9.